The van der Waals surface area contributed by atoms with Crippen LogP contribution in [0.1, 0.15) is 40.6 Å². The van der Waals surface area contributed by atoms with Crippen LogP contribution in [0.25, 0.3) is 0 Å². The lowest BCUT2D eigenvalue weighted by Gasteiger charge is -2.31. The monoisotopic (exact) mass is 281 g/mol. The van der Waals surface area contributed by atoms with Gasteiger partial charge in [-0.1, -0.05) is 13.3 Å². The second-order valence-corrected chi connectivity index (χ2v) is 6.35. The van der Waals surface area contributed by atoms with Crippen molar-refractivity contribution in [2.75, 3.05) is 33.2 Å². The Morgan fingerprint density at radius 3 is 2.58 bits per heavy atom. The molecule has 0 saturated carbocycles. The molecule has 2 rings (SSSR count). The molecule has 4 nitrogen and oxygen atoms in total. The summed E-state index contributed by atoms with van der Waals surface area (Å²) in [6.07, 6.45) is 1.95. The van der Waals surface area contributed by atoms with Crippen LogP contribution >= 0.6 is 11.3 Å². The first kappa shape index (κ1) is 14.6. The third-order valence-corrected chi connectivity index (χ3v) is 4.69. The second kappa shape index (κ2) is 6.59. The number of hydrogen-bond acceptors (Lipinski definition) is 5. The first-order chi connectivity index (χ1) is 9.10. The fraction of sp³-hybridized carbons (Fsp3) is 0.714. The van der Waals surface area contributed by atoms with E-state index in [2.05, 4.69) is 28.8 Å². The number of carbonyl (C=O) groups is 1. The number of aromatic nitrogens is 1. The average molecular weight is 281 g/mol. The molecule has 0 amide bonds. The maximum absolute atomic E-state index is 11.6. The summed E-state index contributed by atoms with van der Waals surface area (Å²) in [4.78, 5) is 22.0. The van der Waals surface area contributed by atoms with Crippen LogP contribution in [0.5, 0.6) is 0 Å². The topological polar surface area (TPSA) is 36.4 Å². The molecular weight excluding hydrogens is 258 g/mol. The van der Waals surface area contributed by atoms with E-state index in [-0.39, 0.29) is 5.78 Å². The summed E-state index contributed by atoms with van der Waals surface area (Å²) in [5.74, 6) is 0.158. The van der Waals surface area contributed by atoms with Gasteiger partial charge in [0.15, 0.2) is 5.78 Å². The van der Waals surface area contributed by atoms with Crippen LogP contribution in [-0.4, -0.2) is 53.8 Å². The van der Waals surface area contributed by atoms with Gasteiger partial charge in [-0.2, -0.15) is 0 Å². The Labute approximate surface area is 119 Å². The minimum atomic E-state index is 0.158. The lowest BCUT2D eigenvalue weighted by Crippen LogP contribution is -2.43. The second-order valence-electron chi connectivity index (χ2n) is 5.27. The van der Waals surface area contributed by atoms with Gasteiger partial charge in [0.05, 0.1) is 17.1 Å². The van der Waals surface area contributed by atoms with Crippen LogP contribution in [0.3, 0.4) is 0 Å². The molecule has 1 aliphatic rings. The van der Waals surface area contributed by atoms with Crippen molar-refractivity contribution in [1.29, 1.82) is 0 Å². The Bertz CT molecular complexity index is 436. The molecule has 0 radical (unpaired) electrons. The molecule has 0 unspecified atom stereocenters. The van der Waals surface area contributed by atoms with Crippen LogP contribution in [-0.2, 0) is 13.0 Å². The maximum Gasteiger partial charge on any atom is 0.171 e. The van der Waals surface area contributed by atoms with Gasteiger partial charge in [-0.15, -0.1) is 11.3 Å². The van der Waals surface area contributed by atoms with E-state index in [1.807, 2.05) is 0 Å². The van der Waals surface area contributed by atoms with Crippen LogP contribution in [0, 0.1) is 0 Å². The van der Waals surface area contributed by atoms with E-state index in [1.165, 1.54) is 0 Å². The van der Waals surface area contributed by atoms with E-state index >= 15 is 0 Å². The number of nitrogens with zero attached hydrogens (tertiary/aromatic N) is 3. The van der Waals surface area contributed by atoms with Crippen LogP contribution in [0.15, 0.2) is 0 Å². The van der Waals surface area contributed by atoms with Crippen molar-refractivity contribution in [3.63, 3.8) is 0 Å². The summed E-state index contributed by atoms with van der Waals surface area (Å²) in [7, 11) is 2.16. The van der Waals surface area contributed by atoms with E-state index < -0.39 is 0 Å². The van der Waals surface area contributed by atoms with E-state index in [1.54, 1.807) is 18.3 Å². The Morgan fingerprint density at radius 2 is 2.00 bits per heavy atom. The Hall–Kier alpha value is -0.780. The summed E-state index contributed by atoms with van der Waals surface area (Å²) < 4.78 is 0. The van der Waals surface area contributed by atoms with Crippen LogP contribution in [0.4, 0.5) is 0 Å². The summed E-state index contributed by atoms with van der Waals surface area (Å²) in [6, 6.07) is 0. The molecule has 1 saturated heterocycles. The average Bonchev–Trinajstić information content (AvgIpc) is 2.76. The Morgan fingerprint density at radius 1 is 1.32 bits per heavy atom. The fourth-order valence-electron chi connectivity index (χ4n) is 2.35. The summed E-state index contributed by atoms with van der Waals surface area (Å²) in [5, 5.41) is 1.10. The van der Waals surface area contributed by atoms with Gasteiger partial charge in [-0.05, 0) is 13.5 Å². The lowest BCUT2D eigenvalue weighted by molar-refractivity contribution is 0.102. The molecule has 106 valence electrons. The van der Waals surface area contributed by atoms with Crippen LogP contribution < -0.4 is 0 Å². The van der Waals surface area contributed by atoms with Gasteiger partial charge in [0.1, 0.15) is 5.01 Å². The summed E-state index contributed by atoms with van der Waals surface area (Å²) in [6.45, 7) is 9.08. The van der Waals surface area contributed by atoms with E-state index in [0.717, 1.165) is 61.1 Å². The van der Waals surface area contributed by atoms with Gasteiger partial charge in [-0.25, -0.2) is 4.98 Å². The highest BCUT2D eigenvalue weighted by atomic mass is 32.1. The number of rotatable bonds is 5. The summed E-state index contributed by atoms with van der Waals surface area (Å²) >= 11 is 1.59. The molecule has 0 N–H and O–H groups in total. The molecular formula is C14H23N3OS. The Kier molecular flexibility index (Phi) is 5.07. The number of aryl methyl sites for hydroxylation is 1. The van der Waals surface area contributed by atoms with E-state index in [0.29, 0.717) is 0 Å². The highest BCUT2D eigenvalue weighted by molar-refractivity contribution is 7.13. The lowest BCUT2D eigenvalue weighted by atomic mass is 10.2. The van der Waals surface area contributed by atoms with Gasteiger partial charge in [-0.3, -0.25) is 9.69 Å². The molecule has 2 heterocycles. The molecule has 0 atom stereocenters. The van der Waals surface area contributed by atoms with Gasteiger partial charge in [0, 0.05) is 33.1 Å². The maximum atomic E-state index is 11.6. The van der Waals surface area contributed by atoms with Crippen molar-refractivity contribution in [1.82, 2.24) is 14.8 Å². The van der Waals surface area contributed by atoms with Crippen molar-refractivity contribution in [3.8, 4) is 0 Å². The Balaban J connectivity index is 2.04. The van der Waals surface area contributed by atoms with E-state index in [4.69, 9.17) is 0 Å². The highest BCUT2D eigenvalue weighted by Gasteiger charge is 2.18. The number of ketones is 1. The fourth-order valence-corrected chi connectivity index (χ4v) is 3.39. The highest BCUT2D eigenvalue weighted by Crippen LogP contribution is 2.22. The minimum Gasteiger partial charge on any atom is -0.304 e. The van der Waals surface area contributed by atoms with E-state index in [9.17, 15) is 4.79 Å². The molecule has 1 aliphatic heterocycles. The van der Waals surface area contributed by atoms with Crippen molar-refractivity contribution in [3.05, 3.63) is 15.6 Å². The number of likely N-dealkylation sites (N-methyl/N-ethyl adjacent to an activating group) is 1. The largest absolute Gasteiger partial charge is 0.304 e. The molecule has 0 bridgehead atoms. The number of hydrogen-bond donors (Lipinski definition) is 0. The standard InChI is InChI=1S/C14H23N3OS/c1-4-5-12-14(11(2)18)19-13(15-12)10-17-8-6-16(3)7-9-17/h4-10H2,1-3H3. The molecule has 1 aromatic rings. The normalized spacial score (nSPS) is 17.8. The summed E-state index contributed by atoms with van der Waals surface area (Å²) in [5.41, 5.74) is 1.00. The van der Waals surface area contributed by atoms with Crippen molar-refractivity contribution in [2.45, 2.75) is 33.2 Å². The van der Waals surface area contributed by atoms with Crippen LogP contribution in [0.2, 0.25) is 0 Å². The molecule has 1 fully saturated rings. The first-order valence-corrected chi connectivity index (χ1v) is 7.82. The molecule has 0 aromatic carbocycles. The number of carbonyl (C=O) groups excluding carboxylic acids is 1. The van der Waals surface area contributed by atoms with Crippen molar-refractivity contribution >= 4 is 17.1 Å². The molecule has 19 heavy (non-hydrogen) atoms. The zero-order valence-electron chi connectivity index (χ0n) is 12.1. The zero-order chi connectivity index (χ0) is 13.8. The van der Waals surface area contributed by atoms with Gasteiger partial charge in [0.2, 0.25) is 0 Å². The third kappa shape index (κ3) is 3.84. The van der Waals surface area contributed by atoms with Gasteiger partial charge < -0.3 is 4.90 Å². The smallest absolute Gasteiger partial charge is 0.171 e. The molecule has 5 heteroatoms. The molecule has 1 aromatic heterocycles. The van der Waals surface area contributed by atoms with Crippen molar-refractivity contribution < 1.29 is 4.79 Å². The molecule has 0 aliphatic carbocycles. The number of thiazole rings is 1. The minimum absolute atomic E-state index is 0.158. The molecule has 0 spiro atoms. The predicted molar refractivity (Wildman–Crippen MR) is 78.9 cm³/mol. The first-order valence-electron chi connectivity index (χ1n) is 7.00. The predicted octanol–water partition coefficient (Wildman–Crippen LogP) is 2.05. The van der Waals surface area contributed by atoms with Gasteiger partial charge >= 0.3 is 0 Å². The number of piperazine rings is 1. The quantitative estimate of drug-likeness (QED) is 0.774. The SMILES string of the molecule is CCCc1nc(CN2CCN(C)CC2)sc1C(C)=O. The third-order valence-electron chi connectivity index (χ3n) is 3.50. The zero-order valence-corrected chi connectivity index (χ0v) is 12.9. The number of Topliss-reactive ketones (excluding diaryl/α,β-unsaturated/α-hetero) is 1. The van der Waals surface area contributed by atoms with Crippen molar-refractivity contribution in [2.24, 2.45) is 0 Å². The van der Waals surface area contributed by atoms with Gasteiger partial charge in [0.25, 0.3) is 0 Å².